The highest BCUT2D eigenvalue weighted by Crippen LogP contribution is 2.09. The normalized spacial score (nSPS) is 17.9. The number of likely N-dealkylation sites (tertiary alicyclic amines) is 1. The summed E-state index contributed by atoms with van der Waals surface area (Å²) in [6.07, 6.45) is 8.68. The predicted molar refractivity (Wildman–Crippen MR) is 69.6 cm³/mol. The first-order valence-electron chi connectivity index (χ1n) is 6.30. The van der Waals surface area contributed by atoms with E-state index in [1.54, 1.807) is 6.20 Å². The topological polar surface area (TPSA) is 54.5 Å². The second-order valence-electron chi connectivity index (χ2n) is 4.44. The van der Waals surface area contributed by atoms with Crippen molar-refractivity contribution in [2.75, 3.05) is 13.1 Å². The first kappa shape index (κ1) is 11.9. The molecule has 0 aromatic carbocycles. The third kappa shape index (κ3) is 3.73. The van der Waals surface area contributed by atoms with Crippen molar-refractivity contribution in [2.45, 2.75) is 32.2 Å². The van der Waals surface area contributed by atoms with E-state index in [9.17, 15) is 0 Å². The van der Waals surface area contributed by atoms with Crippen LogP contribution in [0.1, 0.15) is 31.2 Å². The lowest BCUT2D eigenvalue weighted by atomic mass is 10.2. The van der Waals surface area contributed by atoms with Gasteiger partial charge in [0.2, 0.25) is 0 Å². The molecule has 0 amide bonds. The molecule has 17 heavy (non-hydrogen) atoms. The maximum atomic E-state index is 6.02. The van der Waals surface area contributed by atoms with Crippen LogP contribution < -0.4 is 5.73 Å². The first-order chi connectivity index (χ1) is 8.36. The number of hydrogen-bond acceptors (Lipinski definition) is 2. The molecule has 92 valence electrons. The molecule has 0 bridgehead atoms. The Balaban J connectivity index is 1.91. The Hall–Kier alpha value is -1.58. The molecule has 0 aliphatic carbocycles. The van der Waals surface area contributed by atoms with Gasteiger partial charge in [-0.1, -0.05) is 18.9 Å². The lowest BCUT2D eigenvalue weighted by molar-refractivity contribution is 0.428. The van der Waals surface area contributed by atoms with Crippen LogP contribution in [-0.4, -0.2) is 28.9 Å². The molecule has 0 saturated carbocycles. The number of guanidine groups is 1. The zero-order valence-corrected chi connectivity index (χ0v) is 10.2. The van der Waals surface area contributed by atoms with Gasteiger partial charge in [-0.2, -0.15) is 0 Å². The van der Waals surface area contributed by atoms with Gasteiger partial charge >= 0.3 is 0 Å². The van der Waals surface area contributed by atoms with Crippen LogP contribution in [0, 0.1) is 0 Å². The molecule has 0 atom stereocenters. The van der Waals surface area contributed by atoms with Crippen LogP contribution in [0.4, 0.5) is 0 Å². The molecule has 1 fully saturated rings. The molecule has 1 saturated heterocycles. The van der Waals surface area contributed by atoms with Crippen molar-refractivity contribution in [3.05, 3.63) is 30.1 Å². The molecule has 4 heteroatoms. The molecule has 4 nitrogen and oxygen atoms in total. The van der Waals surface area contributed by atoms with Gasteiger partial charge in [0.05, 0.1) is 6.54 Å². The molecule has 0 spiro atoms. The lowest BCUT2D eigenvalue weighted by Gasteiger charge is -2.21. The van der Waals surface area contributed by atoms with E-state index in [4.69, 9.17) is 5.73 Å². The fraction of sp³-hybridized carbons (Fsp3) is 0.538. The Morgan fingerprint density at radius 1 is 1.29 bits per heavy atom. The van der Waals surface area contributed by atoms with E-state index in [1.807, 2.05) is 18.3 Å². The maximum absolute atomic E-state index is 6.02. The van der Waals surface area contributed by atoms with Crippen molar-refractivity contribution in [3.8, 4) is 0 Å². The number of hydrogen-bond donors (Lipinski definition) is 1. The van der Waals surface area contributed by atoms with Crippen LogP contribution in [0.3, 0.4) is 0 Å². The summed E-state index contributed by atoms with van der Waals surface area (Å²) in [4.78, 5) is 10.7. The van der Waals surface area contributed by atoms with Gasteiger partial charge < -0.3 is 10.6 Å². The van der Waals surface area contributed by atoms with Gasteiger partial charge in [-0.05, 0) is 24.5 Å². The summed E-state index contributed by atoms with van der Waals surface area (Å²) in [6, 6.07) is 3.94. The summed E-state index contributed by atoms with van der Waals surface area (Å²) in [5, 5.41) is 0. The van der Waals surface area contributed by atoms with E-state index in [1.165, 1.54) is 25.7 Å². The SMILES string of the molecule is NC(=NCc1cccnc1)N1CCCCCC1. The van der Waals surface area contributed by atoms with Crippen LogP contribution in [0.5, 0.6) is 0 Å². The summed E-state index contributed by atoms with van der Waals surface area (Å²) < 4.78 is 0. The van der Waals surface area contributed by atoms with Gasteiger partial charge in [-0.25, -0.2) is 4.99 Å². The molecule has 0 unspecified atom stereocenters. The number of pyridine rings is 1. The van der Waals surface area contributed by atoms with Gasteiger partial charge in [0.1, 0.15) is 0 Å². The standard InChI is InChI=1S/C13H20N4/c14-13(17-8-3-1-2-4-9-17)16-11-12-6-5-7-15-10-12/h5-7,10H,1-4,8-9,11H2,(H2,14,16). The number of aliphatic imine (C=N–C) groups is 1. The maximum Gasteiger partial charge on any atom is 0.191 e. The van der Waals surface area contributed by atoms with E-state index in [-0.39, 0.29) is 0 Å². The quantitative estimate of drug-likeness (QED) is 0.624. The van der Waals surface area contributed by atoms with E-state index < -0.39 is 0 Å². The second kappa shape index (κ2) is 6.23. The van der Waals surface area contributed by atoms with Crippen LogP contribution in [0.15, 0.2) is 29.5 Å². The van der Waals surface area contributed by atoms with Crippen LogP contribution >= 0.6 is 0 Å². The minimum atomic E-state index is 0.621. The van der Waals surface area contributed by atoms with E-state index in [2.05, 4.69) is 14.9 Å². The van der Waals surface area contributed by atoms with Crippen molar-refractivity contribution in [3.63, 3.8) is 0 Å². The highest BCUT2D eigenvalue weighted by molar-refractivity contribution is 5.78. The Labute approximate surface area is 103 Å². The van der Waals surface area contributed by atoms with Crippen molar-refractivity contribution in [2.24, 2.45) is 10.7 Å². The number of aromatic nitrogens is 1. The molecule has 1 aliphatic rings. The summed E-state index contributed by atoms with van der Waals surface area (Å²) in [7, 11) is 0. The Morgan fingerprint density at radius 3 is 2.71 bits per heavy atom. The fourth-order valence-electron chi connectivity index (χ4n) is 2.06. The van der Waals surface area contributed by atoms with Gasteiger partial charge in [0.25, 0.3) is 0 Å². The Morgan fingerprint density at radius 2 is 2.06 bits per heavy atom. The van der Waals surface area contributed by atoms with Crippen LogP contribution in [-0.2, 0) is 6.54 Å². The Kier molecular flexibility index (Phi) is 4.36. The summed E-state index contributed by atoms with van der Waals surface area (Å²) in [6.45, 7) is 2.71. The third-order valence-corrected chi connectivity index (χ3v) is 3.08. The third-order valence-electron chi connectivity index (χ3n) is 3.08. The van der Waals surface area contributed by atoms with Crippen molar-refractivity contribution >= 4 is 5.96 Å². The van der Waals surface area contributed by atoms with Gasteiger partial charge in [0, 0.05) is 25.5 Å². The fourth-order valence-corrected chi connectivity index (χ4v) is 2.06. The smallest absolute Gasteiger partial charge is 0.191 e. The van der Waals surface area contributed by atoms with E-state index in [0.29, 0.717) is 12.5 Å². The average Bonchev–Trinajstić information content (AvgIpc) is 2.66. The summed E-state index contributed by atoms with van der Waals surface area (Å²) in [5.74, 6) is 0.677. The van der Waals surface area contributed by atoms with Crippen molar-refractivity contribution < 1.29 is 0 Å². The molecule has 1 aromatic rings. The molecule has 2 heterocycles. The van der Waals surface area contributed by atoms with E-state index in [0.717, 1.165) is 18.7 Å². The number of nitrogens with zero attached hydrogens (tertiary/aromatic N) is 3. The largest absolute Gasteiger partial charge is 0.370 e. The molecule has 1 aromatic heterocycles. The average molecular weight is 232 g/mol. The first-order valence-corrected chi connectivity index (χ1v) is 6.30. The van der Waals surface area contributed by atoms with Crippen LogP contribution in [0.2, 0.25) is 0 Å². The molecular weight excluding hydrogens is 212 g/mol. The van der Waals surface area contributed by atoms with Gasteiger partial charge in [-0.15, -0.1) is 0 Å². The monoisotopic (exact) mass is 232 g/mol. The molecule has 2 N–H and O–H groups in total. The van der Waals surface area contributed by atoms with Crippen molar-refractivity contribution in [1.82, 2.24) is 9.88 Å². The predicted octanol–water partition coefficient (Wildman–Crippen LogP) is 1.77. The highest BCUT2D eigenvalue weighted by atomic mass is 15.2. The second-order valence-corrected chi connectivity index (χ2v) is 4.44. The molecule has 2 rings (SSSR count). The zero-order chi connectivity index (χ0) is 11.9. The minimum Gasteiger partial charge on any atom is -0.370 e. The molecule has 1 aliphatic heterocycles. The number of rotatable bonds is 2. The molecular formula is C13H20N4. The van der Waals surface area contributed by atoms with Gasteiger partial charge in [-0.3, -0.25) is 4.98 Å². The van der Waals surface area contributed by atoms with Crippen LogP contribution in [0.25, 0.3) is 0 Å². The minimum absolute atomic E-state index is 0.621. The Bertz CT molecular complexity index is 353. The number of nitrogens with two attached hydrogens (primary N) is 1. The highest BCUT2D eigenvalue weighted by Gasteiger charge is 2.10. The summed E-state index contributed by atoms with van der Waals surface area (Å²) >= 11 is 0. The zero-order valence-electron chi connectivity index (χ0n) is 10.2. The van der Waals surface area contributed by atoms with E-state index >= 15 is 0 Å². The molecule has 0 radical (unpaired) electrons. The lowest BCUT2D eigenvalue weighted by Crippen LogP contribution is -2.38. The van der Waals surface area contributed by atoms with Crippen molar-refractivity contribution in [1.29, 1.82) is 0 Å². The van der Waals surface area contributed by atoms with Gasteiger partial charge in [0.15, 0.2) is 5.96 Å². The summed E-state index contributed by atoms with van der Waals surface area (Å²) in [5.41, 5.74) is 7.12.